The fourth-order valence-electron chi connectivity index (χ4n) is 2.79. The first kappa shape index (κ1) is 13.3. The maximum absolute atomic E-state index is 12.4. The van der Waals surface area contributed by atoms with Crippen molar-refractivity contribution in [3.8, 4) is 0 Å². The van der Waals surface area contributed by atoms with Gasteiger partial charge in [-0.05, 0) is 39.8 Å². The molecule has 0 aromatic heterocycles. The van der Waals surface area contributed by atoms with Crippen LogP contribution in [-0.2, 0) is 9.59 Å². The maximum Gasteiger partial charge on any atom is 0.246 e. The van der Waals surface area contributed by atoms with E-state index in [4.69, 9.17) is 0 Å². The summed E-state index contributed by atoms with van der Waals surface area (Å²) in [5, 5.41) is 8.98. The third-order valence-corrected chi connectivity index (χ3v) is 3.71. The highest BCUT2D eigenvalue weighted by Crippen LogP contribution is 2.25. The van der Waals surface area contributed by atoms with Crippen molar-refractivity contribution >= 4 is 11.8 Å². The minimum Gasteiger partial charge on any atom is -0.343 e. The van der Waals surface area contributed by atoms with Crippen LogP contribution in [0.15, 0.2) is 0 Å². The summed E-state index contributed by atoms with van der Waals surface area (Å²) in [7, 11) is 1.72. The number of hydrogen-bond donors (Lipinski definition) is 3. The normalized spacial score (nSPS) is 32.0. The molecule has 2 unspecified atom stereocenters. The van der Waals surface area contributed by atoms with Crippen LogP contribution in [0.4, 0.5) is 0 Å². The second kappa shape index (κ2) is 5.67. The molecule has 2 aliphatic heterocycles. The second-order valence-electron chi connectivity index (χ2n) is 5.08. The summed E-state index contributed by atoms with van der Waals surface area (Å²) in [6.07, 6.45) is 2.84. The Labute approximate surface area is 107 Å². The van der Waals surface area contributed by atoms with Crippen LogP contribution < -0.4 is 16.0 Å². The summed E-state index contributed by atoms with van der Waals surface area (Å²) in [6, 6.07) is -0.124. The topological polar surface area (TPSA) is 73.5 Å². The molecule has 0 aromatic rings. The molecule has 0 spiro atoms. The molecule has 0 aromatic carbocycles. The van der Waals surface area contributed by atoms with Crippen LogP contribution in [0.3, 0.4) is 0 Å². The van der Waals surface area contributed by atoms with Crippen LogP contribution in [0.2, 0.25) is 0 Å². The number of amides is 2. The van der Waals surface area contributed by atoms with Crippen LogP contribution in [0.5, 0.6) is 0 Å². The average Bonchev–Trinajstić information content (AvgIpc) is 2.61. The summed E-state index contributed by atoms with van der Waals surface area (Å²) in [4.78, 5) is 25.9. The fourth-order valence-corrected chi connectivity index (χ4v) is 2.79. The van der Waals surface area contributed by atoms with E-state index in [0.717, 1.165) is 19.4 Å². The molecule has 3 N–H and O–H groups in total. The van der Waals surface area contributed by atoms with Crippen molar-refractivity contribution in [3.63, 3.8) is 0 Å². The first-order valence-corrected chi connectivity index (χ1v) is 6.63. The lowest BCUT2D eigenvalue weighted by Gasteiger charge is -2.29. The summed E-state index contributed by atoms with van der Waals surface area (Å²) >= 11 is 0. The zero-order chi connectivity index (χ0) is 13.1. The van der Waals surface area contributed by atoms with Crippen LogP contribution in [0.1, 0.15) is 26.2 Å². The molecule has 2 saturated heterocycles. The summed E-state index contributed by atoms with van der Waals surface area (Å²) in [5.74, 6) is -0.0689. The van der Waals surface area contributed by atoms with E-state index >= 15 is 0 Å². The smallest absolute Gasteiger partial charge is 0.246 e. The average molecular weight is 254 g/mol. The van der Waals surface area contributed by atoms with Crippen molar-refractivity contribution in [1.82, 2.24) is 20.9 Å². The first-order chi connectivity index (χ1) is 8.63. The van der Waals surface area contributed by atoms with Crippen molar-refractivity contribution in [1.29, 1.82) is 0 Å². The Bertz CT molecular complexity index is 334. The molecule has 18 heavy (non-hydrogen) atoms. The fraction of sp³-hybridized carbons (Fsp3) is 0.833. The predicted octanol–water partition coefficient (Wildman–Crippen LogP) is -0.979. The number of carbonyl (C=O) groups excluding carboxylic acids is 2. The molecule has 2 rings (SSSR count). The SMILES string of the molecule is CNCC(=O)N[C@H]1CCNC2CCC(C)N2C1=O. The zero-order valence-electron chi connectivity index (χ0n) is 11.0. The van der Waals surface area contributed by atoms with Crippen molar-refractivity contribution in [2.45, 2.75) is 44.4 Å². The number of hydrogen-bond acceptors (Lipinski definition) is 4. The Morgan fingerprint density at radius 1 is 1.44 bits per heavy atom. The minimum atomic E-state index is -0.385. The Kier molecular flexibility index (Phi) is 4.19. The molecule has 0 radical (unpaired) electrons. The quantitative estimate of drug-likeness (QED) is 0.605. The van der Waals surface area contributed by atoms with Gasteiger partial charge in [-0.1, -0.05) is 0 Å². The first-order valence-electron chi connectivity index (χ1n) is 6.63. The molecular formula is C12H22N4O2. The van der Waals surface area contributed by atoms with Gasteiger partial charge in [-0.3, -0.25) is 14.9 Å². The monoisotopic (exact) mass is 254 g/mol. The van der Waals surface area contributed by atoms with Crippen molar-refractivity contribution < 1.29 is 9.59 Å². The molecule has 3 atom stereocenters. The van der Waals surface area contributed by atoms with E-state index in [9.17, 15) is 9.59 Å². The molecule has 102 valence electrons. The molecule has 0 bridgehead atoms. The van der Waals surface area contributed by atoms with Crippen molar-refractivity contribution in [3.05, 3.63) is 0 Å². The molecule has 6 nitrogen and oxygen atoms in total. The molecule has 2 fully saturated rings. The number of carbonyl (C=O) groups is 2. The van der Waals surface area contributed by atoms with Crippen molar-refractivity contribution in [2.75, 3.05) is 20.1 Å². The molecule has 2 aliphatic rings. The highest BCUT2D eigenvalue weighted by atomic mass is 16.2. The largest absolute Gasteiger partial charge is 0.343 e. The predicted molar refractivity (Wildman–Crippen MR) is 67.8 cm³/mol. The van der Waals surface area contributed by atoms with Gasteiger partial charge in [0.15, 0.2) is 0 Å². The van der Waals surface area contributed by atoms with Crippen molar-refractivity contribution in [2.24, 2.45) is 0 Å². The maximum atomic E-state index is 12.4. The number of nitrogens with one attached hydrogen (secondary N) is 3. The highest BCUT2D eigenvalue weighted by Gasteiger charge is 2.39. The van der Waals surface area contributed by atoms with Crippen LogP contribution in [0, 0.1) is 0 Å². The lowest BCUT2D eigenvalue weighted by Crippen LogP contribution is -2.52. The Morgan fingerprint density at radius 3 is 2.94 bits per heavy atom. The van der Waals surface area contributed by atoms with Crippen LogP contribution in [-0.4, -0.2) is 55.1 Å². The van der Waals surface area contributed by atoms with Gasteiger partial charge in [0.2, 0.25) is 11.8 Å². The number of rotatable bonds is 3. The Hall–Kier alpha value is -1.14. The van der Waals surface area contributed by atoms with Crippen LogP contribution in [0.25, 0.3) is 0 Å². The number of nitrogens with zero attached hydrogens (tertiary/aromatic N) is 1. The zero-order valence-corrected chi connectivity index (χ0v) is 11.0. The Morgan fingerprint density at radius 2 is 2.22 bits per heavy atom. The van der Waals surface area contributed by atoms with Gasteiger partial charge in [0.05, 0.1) is 12.7 Å². The standard InChI is InChI=1S/C12H22N4O2/c1-8-3-4-10-14-6-5-9(12(18)16(8)10)15-11(17)7-13-2/h8-10,13-14H,3-7H2,1-2H3,(H,15,17)/t8?,9-,10?/m0/s1. The van der Waals surface area contributed by atoms with Crippen LogP contribution >= 0.6 is 0 Å². The Balaban J connectivity index is 2.03. The van der Waals surface area contributed by atoms with E-state index in [-0.39, 0.29) is 36.6 Å². The van der Waals surface area contributed by atoms with Gasteiger partial charge in [0.25, 0.3) is 0 Å². The van der Waals surface area contributed by atoms with Gasteiger partial charge in [-0.15, -0.1) is 0 Å². The molecule has 2 amide bonds. The molecule has 0 saturated carbocycles. The van der Waals surface area contributed by atoms with Gasteiger partial charge in [0.1, 0.15) is 6.04 Å². The van der Waals surface area contributed by atoms with E-state index in [1.54, 1.807) is 7.05 Å². The van der Waals surface area contributed by atoms with E-state index < -0.39 is 0 Å². The number of likely N-dealkylation sites (N-methyl/N-ethyl adjacent to an activating group) is 1. The second-order valence-corrected chi connectivity index (χ2v) is 5.08. The van der Waals surface area contributed by atoms with Gasteiger partial charge in [-0.25, -0.2) is 0 Å². The molecule has 2 heterocycles. The van der Waals surface area contributed by atoms with Gasteiger partial charge < -0.3 is 15.5 Å². The van der Waals surface area contributed by atoms with Gasteiger partial charge in [0, 0.05) is 6.04 Å². The third kappa shape index (κ3) is 2.64. The minimum absolute atomic E-state index is 0.0550. The van der Waals surface area contributed by atoms with E-state index in [1.165, 1.54) is 0 Å². The van der Waals surface area contributed by atoms with E-state index in [0.29, 0.717) is 6.42 Å². The molecule has 6 heteroatoms. The summed E-state index contributed by atoms with van der Waals surface area (Å²) in [5.41, 5.74) is 0. The third-order valence-electron chi connectivity index (χ3n) is 3.71. The molecule has 0 aliphatic carbocycles. The van der Waals surface area contributed by atoms with E-state index in [1.807, 2.05) is 4.90 Å². The number of fused-ring (bicyclic) bond motifs is 1. The lowest BCUT2D eigenvalue weighted by atomic mass is 10.1. The summed E-state index contributed by atoms with van der Waals surface area (Å²) < 4.78 is 0. The highest BCUT2D eigenvalue weighted by molar-refractivity contribution is 5.89. The summed E-state index contributed by atoms with van der Waals surface area (Å²) in [6.45, 7) is 3.08. The van der Waals surface area contributed by atoms with Gasteiger partial charge in [-0.2, -0.15) is 0 Å². The molecular weight excluding hydrogens is 232 g/mol. The van der Waals surface area contributed by atoms with E-state index in [2.05, 4.69) is 22.9 Å². The van der Waals surface area contributed by atoms with Gasteiger partial charge >= 0.3 is 0 Å². The lowest BCUT2D eigenvalue weighted by molar-refractivity contribution is -0.138.